The molecule has 0 unspecified atom stereocenters. The first-order chi connectivity index (χ1) is 20.0. The SMILES string of the molecule is C=C(C)C(=O)Nc1ccc(-c2c(-c3ccc(C(=O)NCC4CC(F)C4)c(OC(F)F)c3)c3c(N)ncnc3n2C)cc1. The van der Waals surface area contributed by atoms with E-state index in [9.17, 15) is 22.8 Å². The molecule has 4 aromatic rings. The quantitative estimate of drug-likeness (QED) is 0.226. The highest BCUT2D eigenvalue weighted by atomic mass is 19.3. The average molecular weight is 579 g/mol. The van der Waals surface area contributed by atoms with Gasteiger partial charge in [-0.05, 0) is 61.1 Å². The Morgan fingerprint density at radius 1 is 1.14 bits per heavy atom. The predicted octanol–water partition coefficient (Wildman–Crippen LogP) is 5.48. The van der Waals surface area contributed by atoms with E-state index in [1.54, 1.807) is 48.9 Å². The molecule has 2 amide bonds. The molecule has 2 aromatic heterocycles. The molecule has 1 aliphatic rings. The highest BCUT2D eigenvalue weighted by Gasteiger charge is 2.30. The Hall–Kier alpha value is -4.87. The molecule has 0 aliphatic heterocycles. The van der Waals surface area contributed by atoms with Crippen LogP contribution in [0.25, 0.3) is 33.4 Å². The Morgan fingerprint density at radius 2 is 1.83 bits per heavy atom. The Balaban J connectivity index is 1.59. The number of hydrogen-bond acceptors (Lipinski definition) is 6. The molecule has 9 nitrogen and oxygen atoms in total. The number of nitrogen functional groups attached to an aromatic ring is 1. The van der Waals surface area contributed by atoms with Gasteiger partial charge in [0.15, 0.2) is 0 Å². The molecule has 1 aliphatic carbocycles. The third-order valence-electron chi connectivity index (χ3n) is 7.26. The number of ether oxygens (including phenoxy) is 1. The minimum atomic E-state index is -3.19. The van der Waals surface area contributed by atoms with Crippen LogP contribution in [0.15, 0.2) is 60.9 Å². The highest BCUT2D eigenvalue weighted by molar-refractivity contribution is 6.09. The molecule has 0 spiro atoms. The number of fused-ring (bicyclic) bond motifs is 1. The lowest BCUT2D eigenvalue weighted by atomic mass is 9.83. The average Bonchev–Trinajstić information content (AvgIpc) is 3.23. The zero-order valence-electron chi connectivity index (χ0n) is 23.0. The van der Waals surface area contributed by atoms with Crippen molar-refractivity contribution in [1.29, 1.82) is 0 Å². The Bertz CT molecular complexity index is 1680. The number of hydrogen-bond donors (Lipinski definition) is 3. The smallest absolute Gasteiger partial charge is 0.387 e. The van der Waals surface area contributed by atoms with Crippen LogP contribution < -0.4 is 21.1 Å². The van der Waals surface area contributed by atoms with E-state index in [0.29, 0.717) is 57.5 Å². The van der Waals surface area contributed by atoms with Gasteiger partial charge in [-0.1, -0.05) is 24.8 Å². The molecular weight excluding hydrogens is 549 g/mol. The second kappa shape index (κ2) is 11.6. The van der Waals surface area contributed by atoms with E-state index in [2.05, 4.69) is 27.2 Å². The van der Waals surface area contributed by atoms with Crippen molar-refractivity contribution in [2.24, 2.45) is 13.0 Å². The first-order valence-electron chi connectivity index (χ1n) is 13.2. The molecule has 0 bridgehead atoms. The van der Waals surface area contributed by atoms with Crippen LogP contribution >= 0.6 is 0 Å². The molecule has 5 rings (SSSR count). The van der Waals surface area contributed by atoms with E-state index in [4.69, 9.17) is 10.5 Å². The third-order valence-corrected chi connectivity index (χ3v) is 7.26. The second-order valence-electron chi connectivity index (χ2n) is 10.3. The van der Waals surface area contributed by atoms with Crippen molar-refractivity contribution < 1.29 is 27.5 Å². The number of aryl methyl sites for hydroxylation is 1. The molecule has 2 heterocycles. The maximum Gasteiger partial charge on any atom is 0.387 e. The maximum atomic E-state index is 13.5. The monoisotopic (exact) mass is 578 g/mol. The van der Waals surface area contributed by atoms with Gasteiger partial charge >= 0.3 is 6.61 Å². The van der Waals surface area contributed by atoms with Crippen LogP contribution in [-0.2, 0) is 11.8 Å². The Kier molecular flexibility index (Phi) is 7.88. The van der Waals surface area contributed by atoms with E-state index >= 15 is 0 Å². The van der Waals surface area contributed by atoms with Crippen molar-refractivity contribution in [3.8, 4) is 28.1 Å². The largest absolute Gasteiger partial charge is 0.434 e. The van der Waals surface area contributed by atoms with E-state index < -0.39 is 18.7 Å². The normalized spacial score (nSPS) is 16.2. The topological polar surface area (TPSA) is 124 Å². The maximum absolute atomic E-state index is 13.5. The number of benzene rings is 2. The number of carbonyl (C=O) groups is 2. The minimum absolute atomic E-state index is 0.00408. The van der Waals surface area contributed by atoms with Crippen molar-refractivity contribution in [3.05, 3.63) is 66.5 Å². The Morgan fingerprint density at radius 3 is 2.48 bits per heavy atom. The summed E-state index contributed by atoms with van der Waals surface area (Å²) in [5, 5.41) is 5.93. The zero-order chi connectivity index (χ0) is 30.1. The molecule has 2 aromatic carbocycles. The molecule has 1 saturated carbocycles. The van der Waals surface area contributed by atoms with Crippen molar-refractivity contribution in [2.45, 2.75) is 32.5 Å². The number of nitrogens with two attached hydrogens (primary N) is 1. The molecular formula is C30H29F3N6O3. The number of alkyl halides is 3. The first kappa shape index (κ1) is 28.7. The van der Waals surface area contributed by atoms with Gasteiger partial charge in [0.05, 0.1) is 16.6 Å². The lowest BCUT2D eigenvalue weighted by Gasteiger charge is -2.29. The number of amides is 2. The summed E-state index contributed by atoms with van der Waals surface area (Å²) in [4.78, 5) is 33.5. The minimum Gasteiger partial charge on any atom is -0.434 e. The number of nitrogens with zero attached hydrogens (tertiary/aromatic N) is 3. The van der Waals surface area contributed by atoms with Gasteiger partial charge in [0.1, 0.15) is 29.7 Å². The van der Waals surface area contributed by atoms with Crippen LogP contribution in [0.4, 0.5) is 24.7 Å². The molecule has 218 valence electrons. The van der Waals surface area contributed by atoms with Gasteiger partial charge in [-0.3, -0.25) is 9.59 Å². The lowest BCUT2D eigenvalue weighted by Crippen LogP contribution is -2.37. The Labute approximate surface area is 239 Å². The van der Waals surface area contributed by atoms with E-state index in [0.717, 1.165) is 0 Å². The molecule has 0 saturated heterocycles. The molecule has 12 heteroatoms. The predicted molar refractivity (Wildman–Crippen MR) is 154 cm³/mol. The summed E-state index contributed by atoms with van der Waals surface area (Å²) in [7, 11) is 1.78. The standard InChI is InChI=1S/C30H29F3N6O3/c1-15(2)28(40)38-20-7-4-17(5-8-20)25-23(24-26(34)36-14-37-27(24)39(25)3)18-6-9-21(22(12-18)42-30(32)33)29(41)35-13-16-10-19(31)11-16/h4-9,12,14,16,19,30H,1,10-11,13H2,2-3H3,(H,35,41)(H,38,40)(H2,34,36,37). The van der Waals surface area contributed by atoms with Crippen LogP contribution in [0.2, 0.25) is 0 Å². The summed E-state index contributed by atoms with van der Waals surface area (Å²) in [6.07, 6.45) is 1.16. The second-order valence-corrected chi connectivity index (χ2v) is 10.3. The van der Waals surface area contributed by atoms with Crippen LogP contribution in [0, 0.1) is 5.92 Å². The summed E-state index contributed by atoms with van der Waals surface area (Å²) >= 11 is 0. The number of aromatic nitrogens is 3. The number of carbonyl (C=O) groups excluding carboxylic acids is 2. The van der Waals surface area contributed by atoms with Crippen molar-refractivity contribution >= 4 is 34.4 Å². The highest BCUT2D eigenvalue weighted by Crippen LogP contribution is 2.43. The molecule has 0 atom stereocenters. The van der Waals surface area contributed by atoms with Crippen molar-refractivity contribution in [1.82, 2.24) is 19.9 Å². The zero-order valence-corrected chi connectivity index (χ0v) is 23.0. The van der Waals surface area contributed by atoms with Gasteiger partial charge in [0, 0.05) is 30.4 Å². The van der Waals surface area contributed by atoms with E-state index in [1.807, 2.05) is 0 Å². The van der Waals surface area contributed by atoms with Gasteiger partial charge in [0.2, 0.25) is 0 Å². The van der Waals surface area contributed by atoms with Gasteiger partial charge in [-0.25, -0.2) is 14.4 Å². The molecule has 4 N–H and O–H groups in total. The van der Waals surface area contributed by atoms with Crippen LogP contribution in [-0.4, -0.2) is 45.7 Å². The van der Waals surface area contributed by atoms with Gasteiger partial charge in [0.25, 0.3) is 11.8 Å². The van der Waals surface area contributed by atoms with E-state index in [-0.39, 0.29) is 35.5 Å². The first-order valence-corrected chi connectivity index (χ1v) is 13.2. The number of halogens is 3. The van der Waals surface area contributed by atoms with Gasteiger partial charge < -0.3 is 25.7 Å². The van der Waals surface area contributed by atoms with Crippen molar-refractivity contribution in [3.63, 3.8) is 0 Å². The van der Waals surface area contributed by atoms with Gasteiger partial charge in [-0.2, -0.15) is 8.78 Å². The molecule has 42 heavy (non-hydrogen) atoms. The summed E-state index contributed by atoms with van der Waals surface area (Å²) in [5.74, 6) is -1.07. The van der Waals surface area contributed by atoms with Crippen LogP contribution in [0.3, 0.4) is 0 Å². The number of rotatable bonds is 9. The fourth-order valence-electron chi connectivity index (χ4n) is 5.06. The summed E-state index contributed by atoms with van der Waals surface area (Å²) in [6.45, 7) is 2.29. The summed E-state index contributed by atoms with van der Waals surface area (Å²) in [5.41, 5.74) is 9.95. The van der Waals surface area contributed by atoms with Crippen molar-refractivity contribution in [2.75, 3.05) is 17.6 Å². The number of nitrogens with one attached hydrogen (secondary N) is 2. The number of anilines is 2. The van der Waals surface area contributed by atoms with Gasteiger partial charge in [-0.15, -0.1) is 0 Å². The summed E-state index contributed by atoms with van der Waals surface area (Å²) in [6, 6.07) is 11.4. The fourth-order valence-corrected chi connectivity index (χ4v) is 5.06. The lowest BCUT2D eigenvalue weighted by molar-refractivity contribution is -0.112. The third kappa shape index (κ3) is 5.65. The van der Waals surface area contributed by atoms with Crippen LogP contribution in [0.1, 0.15) is 30.1 Å². The summed E-state index contributed by atoms with van der Waals surface area (Å²) < 4.78 is 46.7. The van der Waals surface area contributed by atoms with E-state index in [1.165, 1.54) is 18.5 Å². The molecule has 0 radical (unpaired) electrons. The van der Waals surface area contributed by atoms with Crippen LogP contribution in [0.5, 0.6) is 5.75 Å². The fraction of sp³-hybridized carbons (Fsp3) is 0.267. The molecule has 1 fully saturated rings.